The summed E-state index contributed by atoms with van der Waals surface area (Å²) in [6.07, 6.45) is 2.18. The minimum Gasteiger partial charge on any atom is -0.313 e. The van der Waals surface area contributed by atoms with Gasteiger partial charge >= 0.3 is 0 Å². The van der Waals surface area contributed by atoms with Gasteiger partial charge in [0, 0.05) is 19.6 Å². The minimum atomic E-state index is -3.25. The maximum Gasteiger partial charge on any atom is 0.276 e. The molecule has 0 aromatic rings. The van der Waals surface area contributed by atoms with Crippen LogP contribution in [-0.2, 0) is 10.2 Å². The van der Waals surface area contributed by atoms with Crippen molar-refractivity contribution in [1.29, 1.82) is 0 Å². The summed E-state index contributed by atoms with van der Waals surface area (Å²) >= 11 is 0. The van der Waals surface area contributed by atoms with E-state index in [9.17, 15) is 8.42 Å². The standard InChI is InChI=1S/C6H15N3O2S/c1-7-12(10,11)9-5-6-3-2-4-8-6/h6-9H,2-5H2,1H3. The van der Waals surface area contributed by atoms with Crippen LogP contribution < -0.4 is 14.8 Å². The fourth-order valence-electron chi connectivity index (χ4n) is 1.21. The van der Waals surface area contributed by atoms with Gasteiger partial charge in [-0.05, 0) is 19.4 Å². The van der Waals surface area contributed by atoms with Crippen LogP contribution in [0.1, 0.15) is 12.8 Å². The van der Waals surface area contributed by atoms with Gasteiger partial charge in [0.15, 0.2) is 0 Å². The maximum absolute atomic E-state index is 10.9. The highest BCUT2D eigenvalue weighted by Gasteiger charge is 2.15. The molecule has 1 unspecified atom stereocenters. The van der Waals surface area contributed by atoms with Crippen LogP contribution in [0.15, 0.2) is 0 Å². The Labute approximate surface area is 73.1 Å². The molecule has 0 aromatic carbocycles. The van der Waals surface area contributed by atoms with E-state index in [0.717, 1.165) is 19.4 Å². The molecular formula is C6H15N3O2S. The Morgan fingerprint density at radius 1 is 1.58 bits per heavy atom. The molecule has 0 aliphatic carbocycles. The molecule has 1 atom stereocenters. The monoisotopic (exact) mass is 193 g/mol. The van der Waals surface area contributed by atoms with Crippen LogP contribution in [0.4, 0.5) is 0 Å². The molecule has 1 fully saturated rings. The maximum atomic E-state index is 10.9. The van der Waals surface area contributed by atoms with Gasteiger partial charge in [-0.1, -0.05) is 0 Å². The SMILES string of the molecule is CNS(=O)(=O)NCC1CCCN1. The van der Waals surface area contributed by atoms with Crippen molar-refractivity contribution in [1.82, 2.24) is 14.8 Å². The van der Waals surface area contributed by atoms with Crippen molar-refractivity contribution in [2.24, 2.45) is 0 Å². The van der Waals surface area contributed by atoms with Gasteiger partial charge in [0.25, 0.3) is 10.2 Å². The van der Waals surface area contributed by atoms with E-state index in [1.54, 1.807) is 0 Å². The van der Waals surface area contributed by atoms with Gasteiger partial charge in [-0.3, -0.25) is 0 Å². The van der Waals surface area contributed by atoms with Crippen LogP contribution in [0.2, 0.25) is 0 Å². The lowest BCUT2D eigenvalue weighted by Crippen LogP contribution is -2.41. The van der Waals surface area contributed by atoms with E-state index >= 15 is 0 Å². The highest BCUT2D eigenvalue weighted by molar-refractivity contribution is 7.87. The van der Waals surface area contributed by atoms with Crippen molar-refractivity contribution in [3.8, 4) is 0 Å². The summed E-state index contributed by atoms with van der Waals surface area (Å²) in [5.41, 5.74) is 0. The van der Waals surface area contributed by atoms with Crippen molar-refractivity contribution < 1.29 is 8.42 Å². The lowest BCUT2D eigenvalue weighted by Gasteiger charge is -2.10. The largest absolute Gasteiger partial charge is 0.313 e. The lowest BCUT2D eigenvalue weighted by molar-refractivity contribution is 0.546. The Bertz CT molecular complexity index is 221. The molecule has 1 saturated heterocycles. The zero-order chi connectivity index (χ0) is 9.03. The molecule has 12 heavy (non-hydrogen) atoms. The highest BCUT2D eigenvalue weighted by Crippen LogP contribution is 2.03. The zero-order valence-corrected chi connectivity index (χ0v) is 7.95. The second-order valence-corrected chi connectivity index (χ2v) is 4.55. The van der Waals surface area contributed by atoms with E-state index < -0.39 is 10.2 Å². The lowest BCUT2D eigenvalue weighted by atomic mass is 10.2. The third-order valence-electron chi connectivity index (χ3n) is 1.95. The molecule has 0 saturated carbocycles. The van der Waals surface area contributed by atoms with E-state index in [4.69, 9.17) is 0 Å². The summed E-state index contributed by atoms with van der Waals surface area (Å²) in [7, 11) is -1.85. The summed E-state index contributed by atoms with van der Waals surface area (Å²) in [6, 6.07) is 0.299. The first-order chi connectivity index (χ1) is 5.64. The summed E-state index contributed by atoms with van der Waals surface area (Å²) < 4.78 is 26.5. The van der Waals surface area contributed by atoms with Gasteiger partial charge < -0.3 is 5.32 Å². The molecule has 0 aromatic heterocycles. The van der Waals surface area contributed by atoms with Crippen LogP contribution in [0, 0.1) is 0 Å². The fourth-order valence-corrected chi connectivity index (χ4v) is 1.78. The van der Waals surface area contributed by atoms with Gasteiger partial charge in [-0.15, -0.1) is 0 Å². The molecule has 1 heterocycles. The summed E-state index contributed by atoms with van der Waals surface area (Å²) in [6.45, 7) is 1.47. The van der Waals surface area contributed by atoms with Crippen LogP contribution in [0.5, 0.6) is 0 Å². The second-order valence-electron chi connectivity index (χ2n) is 2.85. The molecule has 72 valence electrons. The summed E-state index contributed by atoms with van der Waals surface area (Å²) in [5, 5.41) is 3.20. The Balaban J connectivity index is 2.25. The predicted molar refractivity (Wildman–Crippen MR) is 47.0 cm³/mol. The first-order valence-corrected chi connectivity index (χ1v) is 5.54. The highest BCUT2D eigenvalue weighted by atomic mass is 32.2. The Kier molecular flexibility index (Phi) is 3.45. The smallest absolute Gasteiger partial charge is 0.276 e. The minimum absolute atomic E-state index is 0.299. The number of hydrogen-bond donors (Lipinski definition) is 3. The van der Waals surface area contributed by atoms with Crippen LogP contribution in [0.25, 0.3) is 0 Å². The first kappa shape index (κ1) is 9.91. The molecule has 5 nitrogen and oxygen atoms in total. The van der Waals surface area contributed by atoms with E-state index in [2.05, 4.69) is 14.8 Å². The summed E-state index contributed by atoms with van der Waals surface area (Å²) in [4.78, 5) is 0. The van der Waals surface area contributed by atoms with Crippen LogP contribution >= 0.6 is 0 Å². The molecule has 1 aliphatic heterocycles. The van der Waals surface area contributed by atoms with Crippen molar-refractivity contribution >= 4 is 10.2 Å². The summed E-state index contributed by atoms with van der Waals surface area (Å²) in [5.74, 6) is 0. The average molecular weight is 193 g/mol. The fraction of sp³-hybridized carbons (Fsp3) is 1.00. The topological polar surface area (TPSA) is 70.2 Å². The van der Waals surface area contributed by atoms with Gasteiger partial charge in [0.1, 0.15) is 0 Å². The van der Waals surface area contributed by atoms with E-state index in [1.807, 2.05) is 0 Å². The number of rotatable bonds is 4. The third-order valence-corrected chi connectivity index (χ3v) is 3.04. The molecule has 0 spiro atoms. The van der Waals surface area contributed by atoms with Crippen molar-refractivity contribution in [2.45, 2.75) is 18.9 Å². The van der Waals surface area contributed by atoms with Gasteiger partial charge in [-0.25, -0.2) is 9.44 Å². The van der Waals surface area contributed by atoms with Crippen LogP contribution in [-0.4, -0.2) is 34.6 Å². The Morgan fingerprint density at radius 3 is 2.83 bits per heavy atom. The Hall–Kier alpha value is -0.170. The molecule has 0 bridgehead atoms. The van der Waals surface area contributed by atoms with E-state index in [0.29, 0.717) is 12.6 Å². The Morgan fingerprint density at radius 2 is 2.33 bits per heavy atom. The molecule has 1 rings (SSSR count). The number of nitrogens with one attached hydrogen (secondary N) is 3. The molecule has 0 radical (unpaired) electrons. The van der Waals surface area contributed by atoms with E-state index in [-0.39, 0.29) is 0 Å². The normalized spacial score (nSPS) is 24.6. The first-order valence-electron chi connectivity index (χ1n) is 4.05. The quantitative estimate of drug-likeness (QED) is 0.525. The van der Waals surface area contributed by atoms with Gasteiger partial charge in [-0.2, -0.15) is 8.42 Å². The molecule has 3 N–H and O–H groups in total. The molecule has 0 amide bonds. The van der Waals surface area contributed by atoms with Crippen molar-refractivity contribution in [3.63, 3.8) is 0 Å². The van der Waals surface area contributed by atoms with Gasteiger partial charge in [0.05, 0.1) is 0 Å². The van der Waals surface area contributed by atoms with Crippen molar-refractivity contribution in [3.05, 3.63) is 0 Å². The number of hydrogen-bond acceptors (Lipinski definition) is 3. The predicted octanol–water partition coefficient (Wildman–Crippen LogP) is -1.21. The zero-order valence-electron chi connectivity index (χ0n) is 7.13. The second kappa shape index (κ2) is 4.18. The molecule has 6 heteroatoms. The molecular weight excluding hydrogens is 178 g/mol. The van der Waals surface area contributed by atoms with Gasteiger partial charge in [0.2, 0.25) is 0 Å². The van der Waals surface area contributed by atoms with Crippen molar-refractivity contribution in [2.75, 3.05) is 20.1 Å². The van der Waals surface area contributed by atoms with Crippen LogP contribution in [0.3, 0.4) is 0 Å². The average Bonchev–Trinajstić information content (AvgIpc) is 2.53. The van der Waals surface area contributed by atoms with E-state index in [1.165, 1.54) is 7.05 Å². The molecule has 1 aliphatic rings. The third kappa shape index (κ3) is 3.06.